The maximum absolute atomic E-state index is 10.3. The zero-order valence-corrected chi connectivity index (χ0v) is 20.2. The highest BCUT2D eigenvalue weighted by Crippen LogP contribution is 2.17. The molecule has 0 saturated carbocycles. The van der Waals surface area contributed by atoms with Crippen LogP contribution in [0.1, 0.15) is 96.8 Å². The molecule has 32 heavy (non-hydrogen) atoms. The Balaban J connectivity index is 0.000000357. The third-order valence-electron chi connectivity index (χ3n) is 5.53. The Morgan fingerprint density at radius 3 is 1.47 bits per heavy atom. The van der Waals surface area contributed by atoms with Crippen molar-refractivity contribution in [2.45, 2.75) is 96.8 Å². The van der Waals surface area contributed by atoms with E-state index in [1.54, 1.807) is 0 Å². The van der Waals surface area contributed by atoms with Gasteiger partial charge in [-0.3, -0.25) is 4.79 Å². The van der Waals surface area contributed by atoms with Gasteiger partial charge < -0.3 is 5.11 Å². The number of rotatable bonds is 16. The molecule has 0 aliphatic heterocycles. The Morgan fingerprint density at radius 2 is 1.03 bits per heavy atom. The molecule has 0 aromatic heterocycles. The minimum atomic E-state index is -0.664. The Kier molecular flexibility index (Phi) is 17.8. The first-order valence-corrected chi connectivity index (χ1v) is 12.7. The number of carboxylic acids is 1. The summed E-state index contributed by atoms with van der Waals surface area (Å²) >= 11 is 0. The monoisotopic (exact) mass is 436 g/mol. The van der Waals surface area contributed by atoms with E-state index in [0.717, 1.165) is 12.8 Å². The van der Waals surface area contributed by atoms with Crippen LogP contribution in [-0.2, 0) is 4.79 Å². The fourth-order valence-electron chi connectivity index (χ4n) is 3.61. The van der Waals surface area contributed by atoms with Crippen molar-refractivity contribution in [1.29, 1.82) is 0 Å². The summed E-state index contributed by atoms with van der Waals surface area (Å²) in [4.78, 5) is 10.3. The second-order valence-corrected chi connectivity index (χ2v) is 8.46. The lowest BCUT2D eigenvalue weighted by Crippen LogP contribution is -1.93. The van der Waals surface area contributed by atoms with Crippen LogP contribution in [-0.4, -0.2) is 11.1 Å². The Hall–Kier alpha value is -2.35. The summed E-state index contributed by atoms with van der Waals surface area (Å²) in [6.45, 7) is 2.26. The van der Waals surface area contributed by atoms with Crippen molar-refractivity contribution >= 4 is 5.97 Å². The predicted molar refractivity (Wildman–Crippen MR) is 139 cm³/mol. The standard InChI is InChI=1S/C18H34O2.C12H10/c1-2-3-4-5-6-7-8-9-10-11-12-13-14-15-16-17-18(19)20;1-3-7-11(8-4-1)12-9-5-2-6-10-12/h9-10H,2-8,11-17H2,1H3,(H,19,20);1-10H/b10-9-;. The summed E-state index contributed by atoms with van der Waals surface area (Å²) in [7, 11) is 0. The second-order valence-electron chi connectivity index (χ2n) is 8.46. The van der Waals surface area contributed by atoms with Crippen LogP contribution in [0.2, 0.25) is 0 Å². The van der Waals surface area contributed by atoms with Crippen LogP contribution in [0, 0.1) is 0 Å². The van der Waals surface area contributed by atoms with Crippen LogP contribution in [0.3, 0.4) is 0 Å². The molecule has 0 aliphatic carbocycles. The molecule has 0 saturated heterocycles. The fourth-order valence-corrected chi connectivity index (χ4v) is 3.61. The summed E-state index contributed by atoms with van der Waals surface area (Å²) in [5.41, 5.74) is 2.55. The summed E-state index contributed by atoms with van der Waals surface area (Å²) in [5.74, 6) is -0.664. The third kappa shape index (κ3) is 16.4. The van der Waals surface area contributed by atoms with Gasteiger partial charge in [-0.2, -0.15) is 0 Å². The first-order chi connectivity index (χ1) is 15.7. The lowest BCUT2D eigenvalue weighted by atomic mass is 10.1. The molecule has 176 valence electrons. The van der Waals surface area contributed by atoms with E-state index in [1.165, 1.54) is 81.8 Å². The lowest BCUT2D eigenvalue weighted by Gasteiger charge is -1.99. The molecule has 0 unspecified atom stereocenters. The number of benzene rings is 2. The number of hydrogen-bond donors (Lipinski definition) is 1. The van der Waals surface area contributed by atoms with Gasteiger partial charge in [0.15, 0.2) is 0 Å². The van der Waals surface area contributed by atoms with Gasteiger partial charge in [-0.25, -0.2) is 0 Å². The minimum Gasteiger partial charge on any atom is -0.481 e. The number of carbonyl (C=O) groups is 1. The predicted octanol–water partition coefficient (Wildman–Crippen LogP) is 9.46. The van der Waals surface area contributed by atoms with Crippen molar-refractivity contribution in [2.75, 3.05) is 0 Å². The zero-order chi connectivity index (χ0) is 23.1. The first kappa shape index (κ1) is 27.7. The molecule has 1 N–H and O–H groups in total. The molecule has 0 spiro atoms. The van der Waals surface area contributed by atoms with Crippen LogP contribution in [0.5, 0.6) is 0 Å². The zero-order valence-electron chi connectivity index (χ0n) is 20.2. The molecular weight excluding hydrogens is 392 g/mol. The van der Waals surface area contributed by atoms with E-state index in [0.29, 0.717) is 6.42 Å². The van der Waals surface area contributed by atoms with E-state index in [9.17, 15) is 4.79 Å². The van der Waals surface area contributed by atoms with E-state index in [1.807, 2.05) is 12.1 Å². The summed E-state index contributed by atoms with van der Waals surface area (Å²) in [5, 5.41) is 8.51. The topological polar surface area (TPSA) is 37.3 Å². The normalized spacial score (nSPS) is 10.7. The van der Waals surface area contributed by atoms with Crippen molar-refractivity contribution in [1.82, 2.24) is 0 Å². The Morgan fingerprint density at radius 1 is 0.625 bits per heavy atom. The molecule has 2 aromatic rings. The van der Waals surface area contributed by atoms with E-state index in [-0.39, 0.29) is 0 Å². The molecule has 0 radical (unpaired) electrons. The molecular formula is C30H44O2. The number of aliphatic carboxylic acids is 1. The molecule has 2 nitrogen and oxygen atoms in total. The summed E-state index contributed by atoms with van der Waals surface area (Å²) in [6.07, 6.45) is 21.2. The SMILES string of the molecule is CCCCCCCC/C=C\CCCCCCCC(=O)O.c1ccc(-c2ccccc2)cc1. The molecule has 0 aliphatic rings. The Bertz CT molecular complexity index is 654. The molecule has 0 amide bonds. The summed E-state index contributed by atoms with van der Waals surface area (Å²) < 4.78 is 0. The highest BCUT2D eigenvalue weighted by molar-refractivity contribution is 5.66. The van der Waals surface area contributed by atoms with E-state index in [4.69, 9.17) is 5.11 Å². The van der Waals surface area contributed by atoms with Gasteiger partial charge in [0.05, 0.1) is 0 Å². The van der Waals surface area contributed by atoms with E-state index in [2.05, 4.69) is 67.6 Å². The molecule has 0 atom stereocenters. The van der Waals surface area contributed by atoms with Crippen LogP contribution in [0.15, 0.2) is 72.8 Å². The minimum absolute atomic E-state index is 0.332. The lowest BCUT2D eigenvalue weighted by molar-refractivity contribution is -0.137. The fraction of sp³-hybridized carbons (Fsp3) is 0.500. The number of allylic oxidation sites excluding steroid dienone is 2. The van der Waals surface area contributed by atoms with Crippen molar-refractivity contribution in [3.8, 4) is 11.1 Å². The maximum atomic E-state index is 10.3. The molecule has 2 aromatic carbocycles. The van der Waals surface area contributed by atoms with Crippen molar-refractivity contribution in [2.24, 2.45) is 0 Å². The number of carboxylic acid groups (broad SMARTS) is 1. The molecule has 0 bridgehead atoms. The Labute approximate surface area is 196 Å². The molecule has 2 heteroatoms. The van der Waals surface area contributed by atoms with Crippen molar-refractivity contribution < 1.29 is 9.90 Å². The van der Waals surface area contributed by atoms with Crippen LogP contribution in [0.4, 0.5) is 0 Å². The van der Waals surface area contributed by atoms with E-state index >= 15 is 0 Å². The van der Waals surface area contributed by atoms with Gasteiger partial charge in [0, 0.05) is 6.42 Å². The van der Waals surface area contributed by atoms with Crippen molar-refractivity contribution in [3.63, 3.8) is 0 Å². The second kappa shape index (κ2) is 20.5. The van der Waals surface area contributed by atoms with Gasteiger partial charge in [0.2, 0.25) is 0 Å². The highest BCUT2D eigenvalue weighted by atomic mass is 16.4. The maximum Gasteiger partial charge on any atom is 0.303 e. The van der Waals surface area contributed by atoms with Gasteiger partial charge in [-0.05, 0) is 43.2 Å². The average Bonchev–Trinajstić information content (AvgIpc) is 2.83. The van der Waals surface area contributed by atoms with Crippen LogP contribution in [0.25, 0.3) is 11.1 Å². The quantitative estimate of drug-likeness (QED) is 0.210. The highest BCUT2D eigenvalue weighted by Gasteiger charge is 1.96. The van der Waals surface area contributed by atoms with Gasteiger partial charge in [-0.15, -0.1) is 0 Å². The smallest absolute Gasteiger partial charge is 0.303 e. The third-order valence-corrected chi connectivity index (χ3v) is 5.53. The molecule has 0 fully saturated rings. The number of unbranched alkanes of at least 4 members (excludes halogenated alkanes) is 11. The van der Waals surface area contributed by atoms with Gasteiger partial charge in [0.1, 0.15) is 0 Å². The van der Waals surface area contributed by atoms with Gasteiger partial charge in [0.25, 0.3) is 0 Å². The van der Waals surface area contributed by atoms with Crippen molar-refractivity contribution in [3.05, 3.63) is 72.8 Å². The largest absolute Gasteiger partial charge is 0.481 e. The van der Waals surface area contributed by atoms with E-state index < -0.39 is 5.97 Å². The average molecular weight is 437 g/mol. The number of hydrogen-bond acceptors (Lipinski definition) is 1. The molecule has 2 rings (SSSR count). The summed E-state index contributed by atoms with van der Waals surface area (Å²) in [6, 6.07) is 20.8. The van der Waals surface area contributed by atoms with Crippen LogP contribution < -0.4 is 0 Å². The van der Waals surface area contributed by atoms with Crippen LogP contribution >= 0.6 is 0 Å². The van der Waals surface area contributed by atoms with Gasteiger partial charge >= 0.3 is 5.97 Å². The first-order valence-electron chi connectivity index (χ1n) is 12.7. The van der Waals surface area contributed by atoms with Gasteiger partial charge in [-0.1, -0.05) is 131 Å². The molecule has 0 heterocycles.